The Hall–Kier alpha value is -1.59. The van der Waals surface area contributed by atoms with Gasteiger partial charge < -0.3 is 14.2 Å². The van der Waals surface area contributed by atoms with Crippen LogP contribution in [0, 0.1) is 17.8 Å². The lowest BCUT2D eigenvalue weighted by Gasteiger charge is -2.18. The van der Waals surface area contributed by atoms with Gasteiger partial charge >= 0.3 is 17.9 Å². The Morgan fingerprint density at radius 2 is 0.492 bits per heavy atom. The van der Waals surface area contributed by atoms with E-state index in [0.29, 0.717) is 19.3 Å². The predicted octanol–water partition coefficient (Wildman–Crippen LogP) is 16.8. The zero-order valence-corrected chi connectivity index (χ0v) is 40.5. The van der Waals surface area contributed by atoms with Crippen LogP contribution in [-0.2, 0) is 28.6 Å². The summed E-state index contributed by atoms with van der Waals surface area (Å²) in [7, 11) is 0. The molecular weight excluding hydrogens is 733 g/mol. The molecule has 0 saturated carbocycles. The van der Waals surface area contributed by atoms with E-state index in [1.807, 2.05) is 0 Å². The molecule has 0 heterocycles. The van der Waals surface area contributed by atoms with E-state index in [9.17, 15) is 14.4 Å². The molecule has 0 aliphatic carbocycles. The molecule has 0 saturated heterocycles. The molecular formula is C53H102O6. The zero-order valence-electron chi connectivity index (χ0n) is 40.5. The summed E-state index contributed by atoms with van der Waals surface area (Å²) in [5, 5.41) is 0. The van der Waals surface area contributed by atoms with E-state index in [0.717, 1.165) is 75.5 Å². The average molecular weight is 835 g/mol. The Morgan fingerprint density at radius 1 is 0.288 bits per heavy atom. The van der Waals surface area contributed by atoms with Gasteiger partial charge in [-0.3, -0.25) is 14.4 Å². The van der Waals surface area contributed by atoms with Gasteiger partial charge in [0, 0.05) is 19.3 Å². The largest absolute Gasteiger partial charge is 0.462 e. The second-order valence-corrected chi connectivity index (χ2v) is 19.6. The van der Waals surface area contributed by atoms with E-state index in [1.54, 1.807) is 0 Å². The molecule has 0 N–H and O–H groups in total. The van der Waals surface area contributed by atoms with Crippen LogP contribution >= 0.6 is 0 Å². The molecule has 0 aliphatic heterocycles. The van der Waals surface area contributed by atoms with Crippen LogP contribution in [0.25, 0.3) is 0 Å². The Bertz CT molecular complexity index is 914. The van der Waals surface area contributed by atoms with Gasteiger partial charge in [0.1, 0.15) is 13.2 Å². The summed E-state index contributed by atoms with van der Waals surface area (Å²) in [4.78, 5) is 37.9. The first-order valence-corrected chi connectivity index (χ1v) is 26.1. The van der Waals surface area contributed by atoms with Crippen molar-refractivity contribution in [2.45, 2.75) is 292 Å². The molecule has 0 spiro atoms. The lowest BCUT2D eigenvalue weighted by Crippen LogP contribution is -2.30. The van der Waals surface area contributed by atoms with E-state index >= 15 is 0 Å². The van der Waals surface area contributed by atoms with Gasteiger partial charge in [0.2, 0.25) is 0 Å². The van der Waals surface area contributed by atoms with Gasteiger partial charge in [-0.05, 0) is 37.0 Å². The SMILES string of the molecule is CC(C)CCCCCCCCCCCCCCCC(=O)OC[C@@H](COC(=O)CCCCCCCCCCC(C)C)OC(=O)CCCCCCCCCCCCCC(C)C. The lowest BCUT2D eigenvalue weighted by molar-refractivity contribution is -0.167. The van der Waals surface area contributed by atoms with E-state index in [-0.39, 0.29) is 31.1 Å². The quantitative estimate of drug-likeness (QED) is 0.0345. The van der Waals surface area contributed by atoms with Crippen LogP contribution in [0.4, 0.5) is 0 Å². The maximum absolute atomic E-state index is 12.8. The normalized spacial score (nSPS) is 12.2. The average Bonchev–Trinajstić information content (AvgIpc) is 3.19. The number of ether oxygens (including phenoxy) is 3. The topological polar surface area (TPSA) is 78.9 Å². The summed E-state index contributed by atoms with van der Waals surface area (Å²) in [5.74, 6) is 1.61. The second kappa shape index (κ2) is 44.5. The minimum atomic E-state index is -0.763. The summed E-state index contributed by atoms with van der Waals surface area (Å²) in [5.41, 5.74) is 0. The molecule has 0 aromatic rings. The van der Waals surface area contributed by atoms with Crippen molar-refractivity contribution in [3.8, 4) is 0 Å². The van der Waals surface area contributed by atoms with Gasteiger partial charge in [-0.2, -0.15) is 0 Å². The predicted molar refractivity (Wildman–Crippen MR) is 252 cm³/mol. The third-order valence-corrected chi connectivity index (χ3v) is 11.9. The Labute approximate surface area is 368 Å². The fourth-order valence-corrected chi connectivity index (χ4v) is 7.94. The van der Waals surface area contributed by atoms with Crippen molar-refractivity contribution in [1.29, 1.82) is 0 Å². The number of carbonyl (C=O) groups is 3. The number of esters is 3. The first kappa shape index (κ1) is 57.4. The molecule has 0 aromatic carbocycles. The highest BCUT2D eigenvalue weighted by molar-refractivity contribution is 5.71. The fraction of sp³-hybridized carbons (Fsp3) is 0.943. The minimum Gasteiger partial charge on any atom is -0.462 e. The molecule has 0 unspecified atom stereocenters. The van der Waals surface area contributed by atoms with Crippen LogP contribution in [0.15, 0.2) is 0 Å². The van der Waals surface area contributed by atoms with Crippen LogP contribution in [0.5, 0.6) is 0 Å². The number of rotatable bonds is 46. The van der Waals surface area contributed by atoms with Gasteiger partial charge in [0.25, 0.3) is 0 Å². The van der Waals surface area contributed by atoms with E-state index in [2.05, 4.69) is 41.5 Å². The molecule has 59 heavy (non-hydrogen) atoms. The monoisotopic (exact) mass is 835 g/mol. The Balaban J connectivity index is 4.30. The summed E-state index contributed by atoms with van der Waals surface area (Å²) in [6, 6.07) is 0. The maximum atomic E-state index is 12.8. The smallest absolute Gasteiger partial charge is 0.306 e. The number of hydrogen-bond donors (Lipinski definition) is 0. The third kappa shape index (κ3) is 47.3. The second-order valence-electron chi connectivity index (χ2n) is 19.6. The summed E-state index contributed by atoms with van der Waals surface area (Å²) in [6.07, 6.45) is 43.8. The molecule has 0 rings (SSSR count). The van der Waals surface area contributed by atoms with Gasteiger partial charge in [-0.15, -0.1) is 0 Å². The fourth-order valence-electron chi connectivity index (χ4n) is 7.94. The maximum Gasteiger partial charge on any atom is 0.306 e. The van der Waals surface area contributed by atoms with Crippen molar-refractivity contribution < 1.29 is 28.6 Å². The standard InChI is InChI=1S/C53H102O6/c1-47(2)39-33-27-21-15-11-8-7-9-13-17-24-30-36-42-51(54)57-45-50(46-58-52(55)43-37-31-25-20-19-23-29-35-41-49(5)6)59-53(56)44-38-32-26-18-14-10-12-16-22-28-34-40-48(3)4/h47-50H,7-46H2,1-6H3/t50-/m0/s1. The number of unbranched alkanes of at least 4 members (excludes halogenated alkanes) is 29. The van der Waals surface area contributed by atoms with Crippen molar-refractivity contribution >= 4 is 17.9 Å². The molecule has 6 heteroatoms. The molecule has 0 fully saturated rings. The van der Waals surface area contributed by atoms with Crippen molar-refractivity contribution in [1.82, 2.24) is 0 Å². The molecule has 0 aliphatic rings. The first-order valence-electron chi connectivity index (χ1n) is 26.1. The molecule has 6 nitrogen and oxygen atoms in total. The van der Waals surface area contributed by atoms with Gasteiger partial charge in [0.15, 0.2) is 6.10 Å². The van der Waals surface area contributed by atoms with Crippen LogP contribution < -0.4 is 0 Å². The highest BCUT2D eigenvalue weighted by Crippen LogP contribution is 2.18. The van der Waals surface area contributed by atoms with E-state index in [1.165, 1.54) is 167 Å². The molecule has 0 bridgehead atoms. The van der Waals surface area contributed by atoms with Crippen molar-refractivity contribution in [2.24, 2.45) is 17.8 Å². The molecule has 1 atom stereocenters. The van der Waals surface area contributed by atoms with Gasteiger partial charge in [-0.25, -0.2) is 0 Å². The third-order valence-electron chi connectivity index (χ3n) is 11.9. The van der Waals surface area contributed by atoms with Crippen molar-refractivity contribution in [3.05, 3.63) is 0 Å². The first-order chi connectivity index (χ1) is 28.6. The summed E-state index contributed by atoms with van der Waals surface area (Å²) in [6.45, 7) is 13.7. The lowest BCUT2D eigenvalue weighted by atomic mass is 10.0. The van der Waals surface area contributed by atoms with Crippen LogP contribution in [0.1, 0.15) is 286 Å². The molecule has 350 valence electrons. The molecule has 0 aromatic heterocycles. The van der Waals surface area contributed by atoms with Crippen LogP contribution in [0.2, 0.25) is 0 Å². The van der Waals surface area contributed by atoms with Gasteiger partial charge in [-0.1, -0.05) is 247 Å². The highest BCUT2D eigenvalue weighted by atomic mass is 16.6. The van der Waals surface area contributed by atoms with Crippen molar-refractivity contribution in [3.63, 3.8) is 0 Å². The highest BCUT2D eigenvalue weighted by Gasteiger charge is 2.19. The van der Waals surface area contributed by atoms with Gasteiger partial charge in [0.05, 0.1) is 0 Å². The minimum absolute atomic E-state index is 0.0648. The molecule has 0 amide bonds. The van der Waals surface area contributed by atoms with Crippen molar-refractivity contribution in [2.75, 3.05) is 13.2 Å². The number of hydrogen-bond acceptors (Lipinski definition) is 6. The zero-order chi connectivity index (χ0) is 43.4. The summed E-state index contributed by atoms with van der Waals surface area (Å²) < 4.78 is 16.8. The van der Waals surface area contributed by atoms with E-state index < -0.39 is 6.10 Å². The Morgan fingerprint density at radius 3 is 0.729 bits per heavy atom. The molecule has 0 radical (unpaired) electrons. The Kier molecular flexibility index (Phi) is 43.3. The van der Waals surface area contributed by atoms with E-state index in [4.69, 9.17) is 14.2 Å². The van der Waals surface area contributed by atoms with Crippen LogP contribution in [0.3, 0.4) is 0 Å². The number of carbonyl (C=O) groups excluding carboxylic acids is 3. The summed E-state index contributed by atoms with van der Waals surface area (Å²) >= 11 is 0. The van der Waals surface area contributed by atoms with Crippen LogP contribution in [-0.4, -0.2) is 37.2 Å².